The van der Waals surface area contributed by atoms with Crippen LogP contribution < -0.4 is 0 Å². The first-order chi connectivity index (χ1) is 12.8. The monoisotopic (exact) mass is 369 g/mol. The van der Waals surface area contributed by atoms with Gasteiger partial charge in [0.2, 0.25) is 0 Å². The van der Waals surface area contributed by atoms with Crippen LogP contribution in [-0.2, 0) is 21.5 Å². The largest absolute Gasteiger partial charge is 0.480 e. The van der Waals surface area contributed by atoms with E-state index in [-0.39, 0.29) is 5.92 Å². The van der Waals surface area contributed by atoms with Crippen LogP contribution in [0.25, 0.3) is 10.9 Å². The molecule has 1 aromatic heterocycles. The van der Waals surface area contributed by atoms with Crippen molar-refractivity contribution < 1.29 is 19.5 Å². The van der Waals surface area contributed by atoms with Gasteiger partial charge in [-0.25, -0.2) is 14.5 Å². The van der Waals surface area contributed by atoms with Gasteiger partial charge in [0, 0.05) is 17.4 Å². The fraction of sp³-hybridized carbons (Fsp3) is 0.450. The standard InChI is InChI=1S/C20H23N3O4/c1-4-11(2)15(17(24)25)23-18(26)20(3)16-13(9-10-22(20)19(23)27)12-7-5-6-8-14(12)21-16/h5-8,11,15,21H,4,9-10H2,1-3H3,(H,24,25)/t11?,15-,20-/m0/s1. The number of carboxylic acids is 1. The Kier molecular flexibility index (Phi) is 3.80. The number of urea groups is 1. The summed E-state index contributed by atoms with van der Waals surface area (Å²) in [5.41, 5.74) is 1.44. The molecule has 142 valence electrons. The Bertz CT molecular complexity index is 965. The van der Waals surface area contributed by atoms with Crippen molar-refractivity contribution in [2.24, 2.45) is 5.92 Å². The molecule has 0 bridgehead atoms. The van der Waals surface area contributed by atoms with E-state index in [1.165, 1.54) is 4.90 Å². The van der Waals surface area contributed by atoms with Crippen LogP contribution in [0.5, 0.6) is 0 Å². The van der Waals surface area contributed by atoms with Crippen molar-refractivity contribution in [2.75, 3.05) is 6.54 Å². The lowest BCUT2D eigenvalue weighted by molar-refractivity contribution is -0.150. The molecule has 0 spiro atoms. The molecule has 2 aromatic rings. The number of benzene rings is 1. The van der Waals surface area contributed by atoms with E-state index in [1.54, 1.807) is 13.8 Å². The Hall–Kier alpha value is -2.83. The SMILES string of the molecule is CCC(C)[C@@H](C(=O)O)N1C(=O)N2CCc3c([nH]c4ccccc34)[C@@]2(C)C1=O. The number of para-hydroxylation sites is 1. The molecular formula is C20H23N3O4. The Morgan fingerprint density at radius 3 is 2.70 bits per heavy atom. The van der Waals surface area contributed by atoms with Gasteiger partial charge in [-0.15, -0.1) is 0 Å². The highest BCUT2D eigenvalue weighted by Gasteiger charge is 2.61. The molecule has 1 unspecified atom stereocenters. The number of imide groups is 1. The molecule has 7 nitrogen and oxygen atoms in total. The van der Waals surface area contributed by atoms with Crippen LogP contribution in [0.3, 0.4) is 0 Å². The Labute approximate surface area is 156 Å². The highest BCUT2D eigenvalue weighted by atomic mass is 16.4. The molecule has 2 N–H and O–H groups in total. The summed E-state index contributed by atoms with van der Waals surface area (Å²) in [5.74, 6) is -1.94. The molecule has 2 aliphatic rings. The third-order valence-electron chi connectivity index (χ3n) is 6.21. The predicted octanol–water partition coefficient (Wildman–Crippen LogP) is 2.70. The van der Waals surface area contributed by atoms with E-state index in [2.05, 4.69) is 4.98 Å². The average Bonchev–Trinajstić information content (AvgIpc) is 3.12. The Morgan fingerprint density at radius 1 is 1.33 bits per heavy atom. The van der Waals surface area contributed by atoms with Crippen LogP contribution in [0, 0.1) is 5.92 Å². The van der Waals surface area contributed by atoms with E-state index in [0.29, 0.717) is 25.1 Å². The number of aromatic amines is 1. The lowest BCUT2D eigenvalue weighted by Gasteiger charge is -2.36. The number of aromatic nitrogens is 1. The molecule has 1 aromatic carbocycles. The zero-order valence-electron chi connectivity index (χ0n) is 15.7. The topological polar surface area (TPSA) is 93.7 Å². The summed E-state index contributed by atoms with van der Waals surface area (Å²) in [5, 5.41) is 10.8. The maximum Gasteiger partial charge on any atom is 0.328 e. The fourth-order valence-electron chi connectivity index (χ4n) is 4.50. The number of carbonyl (C=O) groups is 3. The Morgan fingerprint density at radius 2 is 2.04 bits per heavy atom. The molecule has 0 aliphatic carbocycles. The smallest absolute Gasteiger partial charge is 0.328 e. The van der Waals surface area contributed by atoms with Gasteiger partial charge in [-0.2, -0.15) is 0 Å². The van der Waals surface area contributed by atoms with Gasteiger partial charge in [-0.1, -0.05) is 38.5 Å². The number of hydrogen-bond donors (Lipinski definition) is 2. The van der Waals surface area contributed by atoms with Crippen molar-refractivity contribution in [3.63, 3.8) is 0 Å². The highest BCUT2D eigenvalue weighted by Crippen LogP contribution is 2.45. The van der Waals surface area contributed by atoms with E-state index in [9.17, 15) is 19.5 Å². The van der Waals surface area contributed by atoms with E-state index in [4.69, 9.17) is 0 Å². The minimum Gasteiger partial charge on any atom is -0.480 e. The van der Waals surface area contributed by atoms with Gasteiger partial charge in [0.1, 0.15) is 6.04 Å². The first-order valence-electron chi connectivity index (χ1n) is 9.30. The van der Waals surface area contributed by atoms with Crippen molar-refractivity contribution in [3.05, 3.63) is 35.5 Å². The summed E-state index contributed by atoms with van der Waals surface area (Å²) in [6, 6.07) is 6.14. The van der Waals surface area contributed by atoms with Gasteiger partial charge in [0.25, 0.3) is 5.91 Å². The van der Waals surface area contributed by atoms with Gasteiger partial charge >= 0.3 is 12.0 Å². The number of fused-ring (bicyclic) bond motifs is 5. The normalized spacial score (nSPS) is 24.1. The van der Waals surface area contributed by atoms with Gasteiger partial charge < -0.3 is 15.0 Å². The maximum absolute atomic E-state index is 13.5. The maximum atomic E-state index is 13.5. The highest BCUT2D eigenvalue weighted by molar-refractivity contribution is 6.10. The number of aliphatic carboxylic acids is 1. The van der Waals surface area contributed by atoms with Crippen LogP contribution >= 0.6 is 0 Å². The van der Waals surface area contributed by atoms with Gasteiger partial charge in [-0.3, -0.25) is 4.79 Å². The lowest BCUT2D eigenvalue weighted by atomic mass is 9.86. The summed E-state index contributed by atoms with van der Waals surface area (Å²) in [6.45, 7) is 5.72. The molecule has 4 rings (SSSR count). The lowest BCUT2D eigenvalue weighted by Crippen LogP contribution is -2.50. The Balaban J connectivity index is 1.87. The number of carbonyl (C=O) groups excluding carboxylic acids is 2. The second kappa shape index (κ2) is 5.84. The van der Waals surface area contributed by atoms with Crippen LogP contribution in [0.4, 0.5) is 4.79 Å². The van der Waals surface area contributed by atoms with Gasteiger partial charge in [0.05, 0.1) is 5.69 Å². The molecule has 3 amide bonds. The minimum atomic E-state index is -1.20. The van der Waals surface area contributed by atoms with Gasteiger partial charge in [-0.05, 0) is 30.9 Å². The summed E-state index contributed by atoms with van der Waals surface area (Å²) in [4.78, 5) is 44.3. The molecule has 2 aliphatic heterocycles. The van der Waals surface area contributed by atoms with Crippen molar-refractivity contribution in [1.29, 1.82) is 0 Å². The van der Waals surface area contributed by atoms with E-state index < -0.39 is 29.5 Å². The zero-order valence-corrected chi connectivity index (χ0v) is 15.7. The van der Waals surface area contributed by atoms with Crippen LogP contribution in [-0.4, -0.2) is 50.4 Å². The molecule has 1 fully saturated rings. The number of H-pyrrole nitrogens is 1. The van der Waals surface area contributed by atoms with Crippen molar-refractivity contribution in [1.82, 2.24) is 14.8 Å². The first-order valence-corrected chi connectivity index (χ1v) is 9.30. The summed E-state index contributed by atoms with van der Waals surface area (Å²) < 4.78 is 0. The number of carboxylic acid groups (broad SMARTS) is 1. The molecule has 1 saturated heterocycles. The van der Waals surface area contributed by atoms with E-state index in [1.807, 2.05) is 31.2 Å². The second-order valence-electron chi connectivity index (χ2n) is 7.62. The molecule has 0 saturated carbocycles. The van der Waals surface area contributed by atoms with Gasteiger partial charge in [0.15, 0.2) is 5.54 Å². The van der Waals surface area contributed by atoms with Crippen LogP contribution in [0.15, 0.2) is 24.3 Å². The molecular weight excluding hydrogens is 346 g/mol. The number of rotatable bonds is 4. The second-order valence-corrected chi connectivity index (χ2v) is 7.62. The molecule has 3 heterocycles. The number of nitrogens with one attached hydrogen (secondary N) is 1. The molecule has 3 atom stereocenters. The predicted molar refractivity (Wildman–Crippen MR) is 99.2 cm³/mol. The van der Waals surface area contributed by atoms with Crippen LogP contribution in [0.1, 0.15) is 38.4 Å². The number of nitrogens with zero attached hydrogens (tertiary/aromatic N) is 2. The third kappa shape index (κ3) is 2.17. The molecule has 7 heteroatoms. The van der Waals surface area contributed by atoms with Crippen molar-refractivity contribution >= 4 is 28.8 Å². The summed E-state index contributed by atoms with van der Waals surface area (Å²) >= 11 is 0. The fourth-order valence-corrected chi connectivity index (χ4v) is 4.50. The average molecular weight is 369 g/mol. The zero-order chi connectivity index (χ0) is 19.5. The third-order valence-corrected chi connectivity index (χ3v) is 6.21. The number of hydrogen-bond acceptors (Lipinski definition) is 3. The molecule has 0 radical (unpaired) electrons. The minimum absolute atomic E-state index is 0.331. The molecule has 27 heavy (non-hydrogen) atoms. The summed E-state index contributed by atoms with van der Waals surface area (Å²) in [6.07, 6.45) is 1.19. The van der Waals surface area contributed by atoms with E-state index >= 15 is 0 Å². The number of amides is 3. The summed E-state index contributed by atoms with van der Waals surface area (Å²) in [7, 11) is 0. The van der Waals surface area contributed by atoms with Crippen LogP contribution in [0.2, 0.25) is 0 Å². The van der Waals surface area contributed by atoms with Crippen molar-refractivity contribution in [2.45, 2.75) is 45.2 Å². The van der Waals surface area contributed by atoms with Crippen molar-refractivity contribution in [3.8, 4) is 0 Å². The first kappa shape index (κ1) is 17.6. The quantitative estimate of drug-likeness (QED) is 0.810. The van der Waals surface area contributed by atoms with E-state index in [0.717, 1.165) is 21.4 Å².